The van der Waals surface area contributed by atoms with Crippen LogP contribution in [0.25, 0.3) is 22.1 Å². The van der Waals surface area contributed by atoms with Crippen molar-refractivity contribution in [2.75, 3.05) is 6.54 Å². The van der Waals surface area contributed by atoms with Gasteiger partial charge in [0, 0.05) is 32.6 Å². The molecule has 0 fully saturated rings. The molecule has 0 spiro atoms. The van der Waals surface area contributed by atoms with E-state index >= 15 is 0 Å². The Balaban J connectivity index is 1.31. The van der Waals surface area contributed by atoms with E-state index in [2.05, 4.69) is 46.7 Å². The molecule has 43 heavy (non-hydrogen) atoms. The molecule has 5 heterocycles. The van der Waals surface area contributed by atoms with Crippen LogP contribution in [0.15, 0.2) is 48.5 Å². The van der Waals surface area contributed by atoms with Crippen molar-refractivity contribution < 1.29 is 14.7 Å². The number of nitrogens with zero attached hydrogens (tertiary/aromatic N) is 6. The van der Waals surface area contributed by atoms with Crippen LogP contribution in [0.1, 0.15) is 82.0 Å². The molecule has 0 saturated carbocycles. The molecular formula is C34H36N6O3. The van der Waals surface area contributed by atoms with Crippen LogP contribution in [-0.4, -0.2) is 53.0 Å². The minimum atomic E-state index is -0.856. The first kappa shape index (κ1) is 27.3. The number of imidazole rings is 1. The second kappa shape index (κ2) is 10.9. The van der Waals surface area contributed by atoms with Gasteiger partial charge in [0.25, 0.3) is 5.91 Å². The molecule has 0 aliphatic carbocycles. The van der Waals surface area contributed by atoms with E-state index in [1.165, 1.54) is 11.1 Å². The molecule has 3 aromatic carbocycles. The standard InChI is InChI=1S/C34H36N6O3/c1-21-26-11-13-30-32(21)36-37-40(30)15-6-4-3-5-7-22-8-12-29-28(17-22)35-33(38(29)2)34(43)39-16-14-23-9-10-24(18-25(23)20-39)27(26)19-31(41)42/h8-13,17-18,27H,3-7,14-16,19-20H2,1-2H3,(H,41,42)/t27-/m1/s1. The van der Waals surface area contributed by atoms with Gasteiger partial charge in [-0.25, -0.2) is 9.67 Å². The number of hydrogen-bond donors (Lipinski definition) is 1. The van der Waals surface area contributed by atoms with Gasteiger partial charge in [-0.1, -0.05) is 48.4 Å². The Morgan fingerprint density at radius 2 is 1.79 bits per heavy atom. The summed E-state index contributed by atoms with van der Waals surface area (Å²) < 4.78 is 3.88. The zero-order chi connectivity index (χ0) is 29.7. The number of aliphatic carboxylic acids is 1. The third-order valence-electron chi connectivity index (χ3n) is 9.39. The quantitative estimate of drug-likeness (QED) is 0.296. The van der Waals surface area contributed by atoms with Crippen molar-refractivity contribution in [3.63, 3.8) is 0 Å². The van der Waals surface area contributed by atoms with Crippen LogP contribution in [0.2, 0.25) is 0 Å². The second-order valence-corrected chi connectivity index (χ2v) is 12.1. The van der Waals surface area contributed by atoms with Gasteiger partial charge in [-0.2, -0.15) is 0 Å². The zero-order valence-corrected chi connectivity index (χ0v) is 24.7. The van der Waals surface area contributed by atoms with Crippen molar-refractivity contribution in [1.29, 1.82) is 0 Å². The first-order chi connectivity index (χ1) is 20.9. The van der Waals surface area contributed by atoms with E-state index < -0.39 is 5.97 Å². The minimum absolute atomic E-state index is 0.0379. The number of carbonyl (C=O) groups excluding carboxylic acids is 1. The molecule has 2 aromatic heterocycles. The Morgan fingerprint density at radius 3 is 2.65 bits per heavy atom. The lowest BCUT2D eigenvalue weighted by Gasteiger charge is -2.30. The fraction of sp³-hybridized carbons (Fsp3) is 0.382. The topological polar surface area (TPSA) is 106 Å². The molecule has 10 bridgehead atoms. The van der Waals surface area contributed by atoms with Gasteiger partial charge < -0.3 is 14.6 Å². The van der Waals surface area contributed by atoms with Gasteiger partial charge >= 0.3 is 5.97 Å². The average Bonchev–Trinajstić information content (AvgIpc) is 3.57. The fourth-order valence-electron chi connectivity index (χ4n) is 6.95. The van der Waals surface area contributed by atoms with Gasteiger partial charge in [-0.3, -0.25) is 9.59 Å². The number of carboxylic acids is 1. The molecule has 9 nitrogen and oxygen atoms in total. The van der Waals surface area contributed by atoms with Gasteiger partial charge in [-0.05, 0) is 84.2 Å². The molecule has 0 saturated heterocycles. The number of fused-ring (bicyclic) bond motifs is 6. The van der Waals surface area contributed by atoms with Crippen LogP contribution in [0.4, 0.5) is 0 Å². The maximum Gasteiger partial charge on any atom is 0.304 e. The summed E-state index contributed by atoms with van der Waals surface area (Å²) in [6.45, 7) is 3.89. The summed E-state index contributed by atoms with van der Waals surface area (Å²) >= 11 is 0. The monoisotopic (exact) mass is 576 g/mol. The number of carbonyl (C=O) groups is 2. The summed E-state index contributed by atoms with van der Waals surface area (Å²) in [6, 6.07) is 16.7. The average molecular weight is 577 g/mol. The Bertz CT molecular complexity index is 1890. The molecule has 3 aliphatic heterocycles. The predicted octanol–water partition coefficient (Wildman–Crippen LogP) is 5.55. The van der Waals surface area contributed by atoms with Crippen molar-refractivity contribution in [2.24, 2.45) is 7.05 Å². The summed E-state index contributed by atoms with van der Waals surface area (Å²) in [7, 11) is 1.91. The van der Waals surface area contributed by atoms with Crippen molar-refractivity contribution in [3.8, 4) is 0 Å². The highest BCUT2D eigenvalue weighted by Crippen LogP contribution is 2.35. The van der Waals surface area contributed by atoms with Crippen molar-refractivity contribution >= 4 is 33.9 Å². The van der Waals surface area contributed by atoms with E-state index in [9.17, 15) is 14.7 Å². The molecule has 3 aliphatic rings. The van der Waals surface area contributed by atoms with E-state index in [1.807, 2.05) is 40.3 Å². The summed E-state index contributed by atoms with van der Waals surface area (Å²) in [4.78, 5) is 32.6. The number of rotatable bonds is 2. The first-order valence-corrected chi connectivity index (χ1v) is 15.3. The molecule has 8 rings (SSSR count). The fourth-order valence-corrected chi connectivity index (χ4v) is 6.95. The van der Waals surface area contributed by atoms with Crippen LogP contribution < -0.4 is 0 Å². The normalized spacial score (nSPS) is 17.7. The lowest BCUT2D eigenvalue weighted by molar-refractivity contribution is -0.137. The number of aromatic nitrogens is 5. The number of benzene rings is 3. The van der Waals surface area contributed by atoms with E-state index in [1.54, 1.807) is 0 Å². The largest absolute Gasteiger partial charge is 0.481 e. The van der Waals surface area contributed by atoms with E-state index in [4.69, 9.17) is 4.98 Å². The zero-order valence-electron chi connectivity index (χ0n) is 24.7. The SMILES string of the molecule is Cc1c2ccc3c1nnn3CCCCCCc1ccc3c(c1)nc(n3C)C(=O)N1CCc3ccc(cc3C1)[C@H]2CC(=O)O. The summed E-state index contributed by atoms with van der Waals surface area (Å²) in [5.41, 5.74) is 9.95. The summed E-state index contributed by atoms with van der Waals surface area (Å²) in [5, 5.41) is 18.9. The molecule has 9 heteroatoms. The molecule has 1 amide bonds. The lowest BCUT2D eigenvalue weighted by atomic mass is 9.83. The predicted molar refractivity (Wildman–Crippen MR) is 164 cm³/mol. The Morgan fingerprint density at radius 1 is 0.953 bits per heavy atom. The van der Waals surface area contributed by atoms with Crippen LogP contribution >= 0.6 is 0 Å². The highest BCUT2D eigenvalue weighted by molar-refractivity contribution is 5.95. The van der Waals surface area contributed by atoms with Crippen LogP contribution in [0.5, 0.6) is 0 Å². The second-order valence-electron chi connectivity index (χ2n) is 12.1. The minimum Gasteiger partial charge on any atom is -0.481 e. The molecule has 0 radical (unpaired) electrons. The van der Waals surface area contributed by atoms with Gasteiger partial charge in [0.05, 0.1) is 23.0 Å². The van der Waals surface area contributed by atoms with E-state index in [0.29, 0.717) is 18.9 Å². The third-order valence-corrected chi connectivity index (χ3v) is 9.39. The van der Waals surface area contributed by atoms with Crippen molar-refractivity contribution in [3.05, 3.63) is 87.7 Å². The lowest BCUT2D eigenvalue weighted by Crippen LogP contribution is -2.37. The van der Waals surface area contributed by atoms with Crippen LogP contribution in [0, 0.1) is 6.92 Å². The Labute approximate surface area is 250 Å². The van der Waals surface area contributed by atoms with E-state index in [0.717, 1.165) is 89.4 Å². The van der Waals surface area contributed by atoms with E-state index in [-0.39, 0.29) is 18.2 Å². The number of aryl methyl sites for hydroxylation is 4. The number of hydrogen-bond acceptors (Lipinski definition) is 5. The van der Waals surface area contributed by atoms with Gasteiger partial charge in [-0.15, -0.1) is 5.10 Å². The van der Waals surface area contributed by atoms with Crippen LogP contribution in [-0.2, 0) is 37.8 Å². The third kappa shape index (κ3) is 4.96. The molecule has 220 valence electrons. The summed E-state index contributed by atoms with van der Waals surface area (Å²) in [6.07, 6.45) is 6.00. The van der Waals surface area contributed by atoms with Crippen LogP contribution in [0.3, 0.4) is 0 Å². The van der Waals surface area contributed by atoms with Gasteiger partial charge in [0.1, 0.15) is 5.52 Å². The van der Waals surface area contributed by atoms with Crippen molar-refractivity contribution in [1.82, 2.24) is 29.4 Å². The molecule has 5 aromatic rings. The Kier molecular flexibility index (Phi) is 6.95. The molecule has 1 N–H and O–H groups in total. The highest BCUT2D eigenvalue weighted by atomic mass is 16.4. The smallest absolute Gasteiger partial charge is 0.304 e. The summed E-state index contributed by atoms with van der Waals surface area (Å²) in [5.74, 6) is -0.837. The molecular weight excluding hydrogens is 540 g/mol. The molecule has 0 unspecified atom stereocenters. The number of amides is 1. The number of carboxylic acid groups (broad SMARTS) is 1. The maximum atomic E-state index is 13.8. The first-order valence-electron chi connectivity index (χ1n) is 15.3. The van der Waals surface area contributed by atoms with Gasteiger partial charge in [0.2, 0.25) is 0 Å². The Hall–Kier alpha value is -4.53. The highest BCUT2D eigenvalue weighted by Gasteiger charge is 2.28. The van der Waals surface area contributed by atoms with Crippen molar-refractivity contribution in [2.45, 2.75) is 70.9 Å². The van der Waals surface area contributed by atoms with Gasteiger partial charge in [0.15, 0.2) is 5.82 Å². The maximum absolute atomic E-state index is 13.8. The molecule has 1 atom stereocenters.